The third-order valence-corrected chi connectivity index (χ3v) is 17.9. The van der Waals surface area contributed by atoms with Crippen molar-refractivity contribution < 1.29 is 62.1 Å². The summed E-state index contributed by atoms with van der Waals surface area (Å²) in [6.07, 6.45) is 3.29. The minimum absolute atomic E-state index is 0.0674. The molecule has 0 bridgehead atoms. The fraction of sp³-hybridized carbons (Fsp3) is 0.320. The van der Waals surface area contributed by atoms with Crippen molar-refractivity contribution in [1.82, 2.24) is 49.1 Å². The maximum atomic E-state index is 13.6. The summed E-state index contributed by atoms with van der Waals surface area (Å²) in [5.41, 5.74) is 2.04. The zero-order chi connectivity index (χ0) is 58.5. The van der Waals surface area contributed by atoms with Gasteiger partial charge in [0, 0.05) is 74.4 Å². The molecule has 0 aliphatic carbocycles. The number of hydrogen-bond donors (Lipinski definition) is 0. The first kappa shape index (κ1) is 60.7. The van der Waals surface area contributed by atoms with Crippen LogP contribution in [0.2, 0.25) is 10.0 Å². The number of nitrogens with zero attached hydrogens (tertiary/aromatic N) is 10. The van der Waals surface area contributed by atoms with Crippen LogP contribution in [0.15, 0.2) is 107 Å². The van der Waals surface area contributed by atoms with Crippen molar-refractivity contribution in [3.05, 3.63) is 130 Å². The summed E-state index contributed by atoms with van der Waals surface area (Å²) in [4.78, 5) is -0.220. The number of aromatic nitrogens is 10. The molecule has 4 aromatic carbocycles. The molecule has 0 saturated carbocycles. The van der Waals surface area contributed by atoms with E-state index in [0.717, 1.165) is 12.5 Å². The van der Waals surface area contributed by atoms with Crippen LogP contribution in [0.25, 0.3) is 34.4 Å². The van der Waals surface area contributed by atoms with Crippen LogP contribution in [0, 0.1) is 0 Å². The van der Waals surface area contributed by atoms with Gasteiger partial charge in [-0.25, -0.2) is 33.7 Å². The fourth-order valence-corrected chi connectivity index (χ4v) is 13.9. The Morgan fingerprint density at radius 1 is 0.487 bits per heavy atom. The number of benzene rings is 4. The van der Waals surface area contributed by atoms with Gasteiger partial charge < -0.3 is 28.4 Å². The van der Waals surface area contributed by atoms with Crippen molar-refractivity contribution >= 4 is 62.6 Å². The summed E-state index contributed by atoms with van der Waals surface area (Å²) in [5, 5.41) is 26.1. The Morgan fingerprint density at radius 3 is 1.10 bits per heavy atom. The largest absolute Gasteiger partial charge is 0.494 e. The molecule has 0 aliphatic heterocycles. The molecule has 0 fully saturated rings. The zero-order valence-electron chi connectivity index (χ0n) is 44.8. The molecule has 0 saturated heterocycles. The van der Waals surface area contributed by atoms with Gasteiger partial charge >= 0.3 is 0 Å². The van der Waals surface area contributed by atoms with Gasteiger partial charge in [-0.15, -0.1) is 20.4 Å². The van der Waals surface area contributed by atoms with Gasteiger partial charge in [0.15, 0.2) is 62.6 Å². The van der Waals surface area contributed by atoms with E-state index in [9.17, 15) is 33.7 Å². The van der Waals surface area contributed by atoms with Crippen LogP contribution in [-0.2, 0) is 74.4 Å². The van der Waals surface area contributed by atoms with Crippen LogP contribution in [0.4, 0.5) is 0 Å². The summed E-state index contributed by atoms with van der Waals surface area (Å²) in [5.74, 6) is 0.0503. The molecular formula is C50H56Cl2N10O14S4. The molecule has 30 heteroatoms. The quantitative estimate of drug-likeness (QED) is 0.0741. The molecule has 0 aliphatic rings. The van der Waals surface area contributed by atoms with Gasteiger partial charge in [0.25, 0.3) is 0 Å². The molecule has 4 aromatic heterocycles. The lowest BCUT2D eigenvalue weighted by atomic mass is 10.1. The van der Waals surface area contributed by atoms with Crippen LogP contribution >= 0.6 is 23.2 Å². The van der Waals surface area contributed by atoms with E-state index < -0.39 is 74.6 Å². The van der Waals surface area contributed by atoms with Crippen LogP contribution in [-0.4, -0.2) is 149 Å². The highest BCUT2D eigenvalue weighted by molar-refractivity contribution is 7.91. The molecule has 0 amide bonds. The molecular weight excluding hydrogens is 1160 g/mol. The summed E-state index contributed by atoms with van der Waals surface area (Å²) >= 11 is 12.0. The highest BCUT2D eigenvalue weighted by Gasteiger charge is 2.33. The highest BCUT2D eigenvalue weighted by atomic mass is 35.5. The Morgan fingerprint density at radius 2 is 0.825 bits per heavy atom. The van der Waals surface area contributed by atoms with Crippen LogP contribution < -0.4 is 18.9 Å². The minimum Gasteiger partial charge on any atom is -0.494 e. The molecule has 0 unspecified atom stereocenters. The summed E-state index contributed by atoms with van der Waals surface area (Å²) in [6.45, 7) is 0. The van der Waals surface area contributed by atoms with Crippen molar-refractivity contribution in [1.29, 1.82) is 0 Å². The second kappa shape index (κ2) is 24.8. The van der Waals surface area contributed by atoms with Crippen molar-refractivity contribution in [3.63, 3.8) is 0 Å². The number of methoxy groups -OCH3 is 6. The fourth-order valence-electron chi connectivity index (χ4n) is 8.53. The highest BCUT2D eigenvalue weighted by Crippen LogP contribution is 2.39. The van der Waals surface area contributed by atoms with Gasteiger partial charge in [0.05, 0.1) is 61.9 Å². The Hall–Kier alpha value is -6.92. The summed E-state index contributed by atoms with van der Waals surface area (Å²) in [7, 11) is -3.41. The number of sulfone groups is 4. The molecule has 2 atom stereocenters. The molecule has 24 nitrogen and oxygen atoms in total. The van der Waals surface area contributed by atoms with E-state index in [-0.39, 0.29) is 54.3 Å². The SMILES string of the molecule is COc1cccc(OC)c1-n1c(CS(=O)(=O)C[C@@H](OC)c2ccc(Cl)cc2S(C)(=O)=O)nnc1-c1ccn(C)n1.COc1cccc(OC)c1-n1c(CS(=O)(=O)C[C@H](OC)c2ccc(Cl)cc2S(C)(=O)=O)nnc1-c1ccn(C)n1. The number of hydrogen-bond acceptors (Lipinski definition) is 20. The van der Waals surface area contributed by atoms with Crippen molar-refractivity contribution in [3.8, 4) is 57.4 Å². The standard InChI is InChI=1S/2C25H28ClN5O7S2/c2*1-30-12-11-18(29-30)25-28-27-23(31(25)24-19(36-2)7-6-8-20(24)37-3)15-40(34,35)14-21(38-4)17-10-9-16(26)13-22(17)39(5,32)33/h2*6-13,21H,14-15H2,1-5H3/t2*21-/m10/s1. The average Bonchev–Trinajstić information content (AvgIpc) is 4.38. The van der Waals surface area contributed by atoms with E-state index in [0.29, 0.717) is 45.8 Å². The van der Waals surface area contributed by atoms with E-state index in [4.69, 9.17) is 51.6 Å². The van der Waals surface area contributed by atoms with Gasteiger partial charge in [-0.3, -0.25) is 18.5 Å². The molecule has 428 valence electrons. The molecule has 0 spiro atoms. The summed E-state index contributed by atoms with van der Waals surface area (Å²) in [6, 6.07) is 22.1. The van der Waals surface area contributed by atoms with Crippen LogP contribution in [0.3, 0.4) is 0 Å². The molecule has 0 radical (unpaired) electrons. The van der Waals surface area contributed by atoms with Gasteiger partial charge in [0.1, 0.15) is 57.3 Å². The number of para-hydroxylation sites is 2. The summed E-state index contributed by atoms with van der Waals surface area (Å²) < 4.78 is 144. The van der Waals surface area contributed by atoms with E-state index >= 15 is 0 Å². The smallest absolute Gasteiger partial charge is 0.189 e. The normalized spacial score (nSPS) is 12.8. The average molecular weight is 1220 g/mol. The molecule has 8 rings (SSSR count). The second-order valence-corrected chi connectivity index (χ2v) is 26.8. The first-order chi connectivity index (χ1) is 37.8. The lowest BCUT2D eigenvalue weighted by Gasteiger charge is -2.20. The Kier molecular flexibility index (Phi) is 18.9. The number of halogens is 2. The van der Waals surface area contributed by atoms with Gasteiger partial charge in [-0.2, -0.15) is 10.2 Å². The second-order valence-electron chi connectivity index (χ2n) is 17.8. The molecule has 0 N–H and O–H groups in total. The third-order valence-electron chi connectivity index (χ3n) is 12.1. The number of rotatable bonds is 22. The minimum atomic E-state index is -3.98. The Bertz CT molecular complexity index is 3710. The van der Waals surface area contributed by atoms with Crippen molar-refractivity contribution in [2.24, 2.45) is 14.1 Å². The van der Waals surface area contributed by atoms with E-state index in [1.165, 1.54) is 88.2 Å². The number of aryl methyl sites for hydroxylation is 2. The van der Waals surface area contributed by atoms with Crippen LogP contribution in [0.5, 0.6) is 23.0 Å². The first-order valence-electron chi connectivity index (χ1n) is 23.5. The Balaban J connectivity index is 0.000000231. The predicted molar refractivity (Wildman–Crippen MR) is 297 cm³/mol. The lowest BCUT2D eigenvalue weighted by Crippen LogP contribution is -2.21. The van der Waals surface area contributed by atoms with Gasteiger partial charge in [0.2, 0.25) is 0 Å². The lowest BCUT2D eigenvalue weighted by molar-refractivity contribution is 0.119. The monoisotopic (exact) mass is 1220 g/mol. The Labute approximate surface area is 472 Å². The topological polar surface area (TPSA) is 289 Å². The van der Waals surface area contributed by atoms with E-state index in [1.54, 1.807) is 84.4 Å². The molecule has 4 heterocycles. The molecule has 8 aromatic rings. The maximum absolute atomic E-state index is 13.6. The number of ether oxygens (including phenoxy) is 6. The first-order valence-corrected chi connectivity index (χ1v) is 31.7. The van der Waals surface area contributed by atoms with Gasteiger partial charge in [-0.1, -0.05) is 47.5 Å². The van der Waals surface area contributed by atoms with Gasteiger partial charge in [-0.05, 0) is 60.7 Å². The van der Waals surface area contributed by atoms with Crippen molar-refractivity contribution in [2.75, 3.05) is 66.7 Å². The van der Waals surface area contributed by atoms with E-state index in [1.807, 2.05) is 0 Å². The predicted octanol–water partition coefficient (Wildman–Crippen LogP) is 6.09. The maximum Gasteiger partial charge on any atom is 0.189 e. The molecule has 80 heavy (non-hydrogen) atoms. The van der Waals surface area contributed by atoms with Crippen molar-refractivity contribution in [2.45, 2.75) is 33.5 Å². The zero-order valence-corrected chi connectivity index (χ0v) is 49.6. The van der Waals surface area contributed by atoms with Crippen LogP contribution in [0.1, 0.15) is 35.0 Å². The third kappa shape index (κ3) is 13.8. The van der Waals surface area contributed by atoms with E-state index in [2.05, 4.69) is 30.6 Å².